The molecule has 1 atom stereocenters. The van der Waals surface area contributed by atoms with Gasteiger partial charge in [0.1, 0.15) is 11.8 Å². The number of benzene rings is 1. The van der Waals surface area contributed by atoms with Crippen LogP contribution in [0, 0.1) is 29.1 Å². The summed E-state index contributed by atoms with van der Waals surface area (Å²) >= 11 is 0. The van der Waals surface area contributed by atoms with Crippen molar-refractivity contribution in [3.63, 3.8) is 0 Å². The first-order chi connectivity index (χ1) is 13.9. The normalized spacial score (nSPS) is 30.8. The number of para-hydroxylation sites is 1. The van der Waals surface area contributed by atoms with E-state index in [2.05, 4.69) is 10.6 Å². The van der Waals surface area contributed by atoms with Crippen LogP contribution < -0.4 is 15.4 Å². The molecule has 0 radical (unpaired) electrons. The molecule has 0 spiro atoms. The lowest BCUT2D eigenvalue weighted by Crippen LogP contribution is -2.58. The molecule has 5 nitrogen and oxygen atoms in total. The van der Waals surface area contributed by atoms with E-state index in [4.69, 9.17) is 4.74 Å². The van der Waals surface area contributed by atoms with Crippen molar-refractivity contribution >= 4 is 11.8 Å². The maximum atomic E-state index is 13.4. The molecule has 0 aliphatic heterocycles. The Balaban J connectivity index is 1.41. The molecule has 0 saturated heterocycles. The number of hydrogen-bond donors (Lipinski definition) is 2. The van der Waals surface area contributed by atoms with Crippen LogP contribution in [0.1, 0.15) is 57.9 Å². The third-order valence-corrected chi connectivity index (χ3v) is 7.40. The Bertz CT molecular complexity index is 738. The van der Waals surface area contributed by atoms with Crippen LogP contribution in [0.15, 0.2) is 24.3 Å². The van der Waals surface area contributed by atoms with Gasteiger partial charge < -0.3 is 15.4 Å². The first kappa shape index (κ1) is 20.2. The number of ether oxygens (including phenoxy) is 1. The van der Waals surface area contributed by atoms with E-state index in [1.807, 2.05) is 38.1 Å². The quantitative estimate of drug-likeness (QED) is 0.736. The molecule has 4 saturated carbocycles. The van der Waals surface area contributed by atoms with Crippen LogP contribution in [-0.2, 0) is 16.1 Å². The summed E-state index contributed by atoms with van der Waals surface area (Å²) in [4.78, 5) is 26.3. The number of methoxy groups -OCH3 is 1. The average Bonchev–Trinajstić information content (AvgIpc) is 2.69. The predicted molar refractivity (Wildman–Crippen MR) is 112 cm³/mol. The van der Waals surface area contributed by atoms with Gasteiger partial charge in [0.2, 0.25) is 11.8 Å². The number of amides is 2. The number of carbonyl (C=O) groups is 2. The molecule has 4 aliphatic carbocycles. The van der Waals surface area contributed by atoms with Gasteiger partial charge in [-0.2, -0.15) is 0 Å². The molecule has 5 heteroatoms. The van der Waals surface area contributed by atoms with Crippen LogP contribution >= 0.6 is 0 Å². The smallest absolute Gasteiger partial charge is 0.243 e. The molecule has 158 valence electrons. The highest BCUT2D eigenvalue weighted by molar-refractivity contribution is 5.90. The molecule has 29 heavy (non-hydrogen) atoms. The Morgan fingerprint density at radius 1 is 1.07 bits per heavy atom. The molecule has 1 aromatic carbocycles. The van der Waals surface area contributed by atoms with Gasteiger partial charge in [0, 0.05) is 17.5 Å². The van der Waals surface area contributed by atoms with E-state index >= 15 is 0 Å². The summed E-state index contributed by atoms with van der Waals surface area (Å²) in [7, 11) is 1.63. The molecule has 2 amide bonds. The fourth-order valence-electron chi connectivity index (χ4n) is 6.36. The molecular weight excluding hydrogens is 364 g/mol. The van der Waals surface area contributed by atoms with Crippen molar-refractivity contribution in [3.8, 4) is 5.75 Å². The van der Waals surface area contributed by atoms with Crippen molar-refractivity contribution in [1.82, 2.24) is 10.6 Å². The van der Waals surface area contributed by atoms with Gasteiger partial charge in [-0.25, -0.2) is 0 Å². The molecule has 5 rings (SSSR count). The summed E-state index contributed by atoms with van der Waals surface area (Å²) < 4.78 is 5.37. The second kappa shape index (κ2) is 8.00. The first-order valence-electron chi connectivity index (χ1n) is 11.1. The maximum Gasteiger partial charge on any atom is 0.243 e. The van der Waals surface area contributed by atoms with Gasteiger partial charge in [-0.15, -0.1) is 0 Å². The Labute approximate surface area is 174 Å². The second-order valence-electron chi connectivity index (χ2n) is 9.92. The fraction of sp³-hybridized carbons (Fsp3) is 0.667. The summed E-state index contributed by atoms with van der Waals surface area (Å²) in [5.74, 6) is 2.92. The number of rotatable bonds is 7. The van der Waals surface area contributed by atoms with Crippen molar-refractivity contribution in [1.29, 1.82) is 0 Å². The highest BCUT2D eigenvalue weighted by Gasteiger charge is 2.55. The molecule has 4 aliphatic rings. The predicted octanol–water partition coefficient (Wildman–Crippen LogP) is 3.67. The third kappa shape index (κ3) is 4.01. The Morgan fingerprint density at radius 2 is 1.66 bits per heavy atom. The van der Waals surface area contributed by atoms with Crippen molar-refractivity contribution in [3.05, 3.63) is 29.8 Å². The molecule has 0 heterocycles. The van der Waals surface area contributed by atoms with Crippen LogP contribution in [0.2, 0.25) is 0 Å². The van der Waals surface area contributed by atoms with Gasteiger partial charge in [0.15, 0.2) is 0 Å². The number of carbonyl (C=O) groups excluding carboxylic acids is 2. The van der Waals surface area contributed by atoms with Crippen LogP contribution in [0.5, 0.6) is 5.75 Å². The van der Waals surface area contributed by atoms with E-state index in [1.54, 1.807) is 7.11 Å². The van der Waals surface area contributed by atoms with E-state index in [0.29, 0.717) is 24.3 Å². The molecule has 2 N–H and O–H groups in total. The van der Waals surface area contributed by atoms with Crippen LogP contribution in [0.25, 0.3) is 0 Å². The Kier molecular flexibility index (Phi) is 5.58. The summed E-state index contributed by atoms with van der Waals surface area (Å²) in [6, 6.07) is 7.16. The monoisotopic (exact) mass is 398 g/mol. The lowest BCUT2D eigenvalue weighted by atomic mass is 9.49. The summed E-state index contributed by atoms with van der Waals surface area (Å²) in [5, 5.41) is 6.16. The van der Waals surface area contributed by atoms with E-state index in [9.17, 15) is 9.59 Å². The largest absolute Gasteiger partial charge is 0.496 e. The van der Waals surface area contributed by atoms with Crippen molar-refractivity contribution in [2.24, 2.45) is 29.1 Å². The highest BCUT2D eigenvalue weighted by Crippen LogP contribution is 2.60. The summed E-state index contributed by atoms with van der Waals surface area (Å²) in [6.07, 6.45) is 6.95. The van der Waals surface area contributed by atoms with E-state index in [0.717, 1.165) is 30.6 Å². The standard InChI is InChI=1S/C24H34N2O3/c1-15(2)21(22(27)25-14-19-6-4-5-7-20(19)29-3)26-23(28)24-11-16-8-17(12-24)10-18(9-16)13-24/h4-7,15-18,21H,8-14H2,1-3H3,(H,25,27)(H,26,28). The van der Waals surface area contributed by atoms with Crippen LogP contribution in [-0.4, -0.2) is 25.0 Å². The van der Waals surface area contributed by atoms with E-state index < -0.39 is 6.04 Å². The van der Waals surface area contributed by atoms with E-state index in [1.165, 1.54) is 19.3 Å². The average molecular weight is 399 g/mol. The maximum absolute atomic E-state index is 13.4. The lowest BCUT2D eigenvalue weighted by Gasteiger charge is -2.55. The minimum Gasteiger partial charge on any atom is -0.496 e. The van der Waals surface area contributed by atoms with Gasteiger partial charge in [-0.05, 0) is 68.3 Å². The zero-order valence-corrected chi connectivity index (χ0v) is 17.9. The molecular formula is C24H34N2O3. The molecule has 1 unspecified atom stereocenters. The highest BCUT2D eigenvalue weighted by atomic mass is 16.5. The Morgan fingerprint density at radius 3 is 2.21 bits per heavy atom. The zero-order valence-electron chi connectivity index (χ0n) is 17.9. The van der Waals surface area contributed by atoms with Gasteiger partial charge in [0.05, 0.1) is 7.11 Å². The summed E-state index contributed by atoms with van der Waals surface area (Å²) in [6.45, 7) is 4.37. The zero-order chi connectivity index (χ0) is 20.6. The topological polar surface area (TPSA) is 67.4 Å². The van der Waals surface area contributed by atoms with Crippen LogP contribution in [0.4, 0.5) is 0 Å². The first-order valence-corrected chi connectivity index (χ1v) is 11.1. The van der Waals surface area contributed by atoms with Gasteiger partial charge >= 0.3 is 0 Å². The fourth-order valence-corrected chi connectivity index (χ4v) is 6.36. The minimum absolute atomic E-state index is 0.0329. The molecule has 1 aromatic rings. The minimum atomic E-state index is -0.509. The van der Waals surface area contributed by atoms with Gasteiger partial charge in [-0.3, -0.25) is 9.59 Å². The SMILES string of the molecule is COc1ccccc1CNC(=O)C(NC(=O)C12CC3CC(CC(C3)C1)C2)C(C)C. The van der Waals surface area contributed by atoms with Gasteiger partial charge in [0.25, 0.3) is 0 Å². The summed E-state index contributed by atoms with van der Waals surface area (Å²) in [5.41, 5.74) is 0.698. The molecule has 4 fully saturated rings. The van der Waals surface area contributed by atoms with Gasteiger partial charge in [-0.1, -0.05) is 32.0 Å². The molecule has 4 bridgehead atoms. The Hall–Kier alpha value is -2.04. The third-order valence-electron chi connectivity index (χ3n) is 7.40. The van der Waals surface area contributed by atoms with Crippen molar-refractivity contribution < 1.29 is 14.3 Å². The van der Waals surface area contributed by atoms with Crippen molar-refractivity contribution in [2.75, 3.05) is 7.11 Å². The number of nitrogens with one attached hydrogen (secondary N) is 2. The lowest BCUT2D eigenvalue weighted by molar-refractivity contribution is -0.149. The number of hydrogen-bond acceptors (Lipinski definition) is 3. The van der Waals surface area contributed by atoms with Crippen LogP contribution in [0.3, 0.4) is 0 Å². The second-order valence-corrected chi connectivity index (χ2v) is 9.92. The van der Waals surface area contributed by atoms with Crippen molar-refractivity contribution in [2.45, 2.75) is 65.0 Å². The molecule has 0 aromatic heterocycles. The van der Waals surface area contributed by atoms with E-state index in [-0.39, 0.29) is 23.1 Å².